The van der Waals surface area contributed by atoms with Gasteiger partial charge >= 0.3 is 5.97 Å². The predicted octanol–water partition coefficient (Wildman–Crippen LogP) is 5.63. The van der Waals surface area contributed by atoms with E-state index in [0.717, 1.165) is 72.6 Å². The smallest absolute Gasteiger partial charge is 0.323 e. The number of rotatable bonds is 13. The largest absolute Gasteiger partial charge is 0.459 e. The number of ketones is 1. The third kappa shape index (κ3) is 8.37. The summed E-state index contributed by atoms with van der Waals surface area (Å²) >= 11 is 0. The highest BCUT2D eigenvalue weighted by atomic mass is 16.6. The monoisotopic (exact) mass is 565 g/mol. The van der Waals surface area contributed by atoms with Crippen molar-refractivity contribution in [3.8, 4) is 0 Å². The quantitative estimate of drug-likeness (QED) is 0.191. The molecule has 8 heteroatoms. The van der Waals surface area contributed by atoms with Crippen LogP contribution in [0, 0.1) is 11.8 Å². The van der Waals surface area contributed by atoms with E-state index in [2.05, 4.69) is 41.9 Å². The number of hydrogen-bond donors (Lipinski definition) is 1. The Balaban J connectivity index is 1.59. The second-order valence-electron chi connectivity index (χ2n) is 11.8. The summed E-state index contributed by atoms with van der Waals surface area (Å²) in [6.07, 6.45) is 7.83. The number of imidazole rings is 1. The van der Waals surface area contributed by atoms with Gasteiger partial charge in [0, 0.05) is 44.7 Å². The third-order valence-electron chi connectivity index (χ3n) is 8.01. The van der Waals surface area contributed by atoms with Gasteiger partial charge in [0.25, 0.3) is 0 Å². The van der Waals surface area contributed by atoms with E-state index in [1.54, 1.807) is 0 Å². The minimum Gasteiger partial charge on any atom is -0.459 e. The summed E-state index contributed by atoms with van der Waals surface area (Å²) in [5, 5.41) is 3.45. The number of esters is 1. The molecule has 2 atom stereocenters. The van der Waals surface area contributed by atoms with Crippen molar-refractivity contribution in [2.45, 2.75) is 92.0 Å². The van der Waals surface area contributed by atoms with Gasteiger partial charge in [-0.15, -0.1) is 0 Å². The minimum absolute atomic E-state index is 0.139. The van der Waals surface area contributed by atoms with Gasteiger partial charge < -0.3 is 24.1 Å². The molecule has 3 heterocycles. The number of carbonyl (C=O) groups excluding carboxylic acids is 2. The first-order valence-corrected chi connectivity index (χ1v) is 15.3. The Morgan fingerprint density at radius 3 is 2.59 bits per heavy atom. The fourth-order valence-corrected chi connectivity index (χ4v) is 5.57. The summed E-state index contributed by atoms with van der Waals surface area (Å²) in [6, 6.07) is 5.97. The summed E-state index contributed by atoms with van der Waals surface area (Å²) in [5.41, 5.74) is 4.72. The summed E-state index contributed by atoms with van der Waals surface area (Å²) in [7, 11) is 0. The van der Waals surface area contributed by atoms with Gasteiger partial charge in [-0.2, -0.15) is 0 Å². The van der Waals surface area contributed by atoms with E-state index in [1.807, 2.05) is 32.9 Å². The van der Waals surface area contributed by atoms with Gasteiger partial charge in [-0.05, 0) is 74.3 Å². The molecule has 1 aromatic carbocycles. The Labute approximate surface area is 244 Å². The van der Waals surface area contributed by atoms with E-state index in [-0.39, 0.29) is 23.9 Å². The van der Waals surface area contributed by atoms with E-state index in [4.69, 9.17) is 19.2 Å². The number of nitrogens with one attached hydrogen (secondary N) is 1. The Morgan fingerprint density at radius 1 is 1.17 bits per heavy atom. The number of benzene rings is 1. The van der Waals surface area contributed by atoms with Crippen molar-refractivity contribution in [2.75, 3.05) is 26.4 Å². The zero-order chi connectivity index (χ0) is 29.4. The van der Waals surface area contributed by atoms with Crippen molar-refractivity contribution in [3.05, 3.63) is 47.3 Å². The molecule has 2 aliphatic heterocycles. The molecule has 1 aromatic heterocycles. The van der Waals surface area contributed by atoms with Gasteiger partial charge in [-0.1, -0.05) is 32.9 Å². The van der Waals surface area contributed by atoms with Crippen LogP contribution in [-0.2, 0) is 36.9 Å². The first-order valence-electron chi connectivity index (χ1n) is 15.3. The second kappa shape index (κ2) is 14.9. The van der Waals surface area contributed by atoms with Gasteiger partial charge in [0.15, 0.2) is 5.78 Å². The summed E-state index contributed by atoms with van der Waals surface area (Å²) in [5.74, 6) is 1.66. The molecule has 2 unspecified atom stereocenters. The van der Waals surface area contributed by atoms with E-state index in [1.165, 1.54) is 0 Å². The van der Waals surface area contributed by atoms with E-state index in [9.17, 15) is 9.59 Å². The Kier molecular flexibility index (Phi) is 11.3. The average molecular weight is 566 g/mol. The SMILES string of the molecule is C/C=C(\C=C(\C)C(=O)CC)c1nc2cc(CNC(CC(C)C)C(=O)OC3CCOC3)ccc2n1CC1CCOCC1. The van der Waals surface area contributed by atoms with Crippen LogP contribution >= 0.6 is 0 Å². The van der Waals surface area contributed by atoms with Crippen molar-refractivity contribution < 1.29 is 23.8 Å². The lowest BCUT2D eigenvalue weighted by atomic mass is 10.00. The highest BCUT2D eigenvalue weighted by Crippen LogP contribution is 2.28. The molecule has 2 aromatic rings. The highest BCUT2D eigenvalue weighted by molar-refractivity contribution is 5.97. The third-order valence-corrected chi connectivity index (χ3v) is 8.01. The molecular weight excluding hydrogens is 518 g/mol. The highest BCUT2D eigenvalue weighted by Gasteiger charge is 2.27. The van der Waals surface area contributed by atoms with Gasteiger partial charge in [-0.25, -0.2) is 4.98 Å². The molecule has 41 heavy (non-hydrogen) atoms. The number of fused-ring (bicyclic) bond motifs is 1. The van der Waals surface area contributed by atoms with Gasteiger partial charge in [-0.3, -0.25) is 9.59 Å². The molecule has 4 rings (SSSR count). The number of nitrogens with zero attached hydrogens (tertiary/aromatic N) is 2. The number of Topliss-reactive ketones (excluding diaryl/α,β-unsaturated/α-hetero) is 1. The Hall–Kier alpha value is -2.81. The molecule has 1 N–H and O–H groups in total. The molecule has 0 bridgehead atoms. The van der Waals surface area contributed by atoms with Gasteiger partial charge in [0.05, 0.1) is 24.2 Å². The maximum atomic E-state index is 13.0. The van der Waals surface area contributed by atoms with Crippen molar-refractivity contribution in [1.29, 1.82) is 0 Å². The lowest BCUT2D eigenvalue weighted by molar-refractivity contribution is -0.152. The maximum absolute atomic E-state index is 13.0. The number of ether oxygens (including phenoxy) is 3. The number of hydrogen-bond acceptors (Lipinski definition) is 7. The van der Waals surface area contributed by atoms with Crippen LogP contribution in [0.4, 0.5) is 0 Å². The van der Waals surface area contributed by atoms with Gasteiger partial charge in [0.1, 0.15) is 18.0 Å². The molecule has 0 radical (unpaired) electrons. The standard InChI is InChI=1S/C33H47N3O5/c1-6-26(17-23(5)31(37)7-2)32-35-28-18-25(8-9-30(28)36(32)20-24-10-13-39-14-11-24)19-34-29(16-22(3)4)33(38)41-27-12-15-40-21-27/h6,8-9,17-18,22,24,27,29,34H,7,10-16,19-21H2,1-5H3/b23-17-,26-6+. The zero-order valence-electron chi connectivity index (χ0n) is 25.4. The molecular formula is C33H47N3O5. The second-order valence-corrected chi connectivity index (χ2v) is 11.8. The topological polar surface area (TPSA) is 91.7 Å². The summed E-state index contributed by atoms with van der Waals surface area (Å²) in [6.45, 7) is 14.1. The fourth-order valence-electron chi connectivity index (χ4n) is 5.57. The van der Waals surface area contributed by atoms with Crippen LogP contribution in [0.15, 0.2) is 35.9 Å². The number of aromatic nitrogens is 2. The minimum atomic E-state index is -0.383. The van der Waals surface area contributed by atoms with E-state index >= 15 is 0 Å². The molecule has 2 saturated heterocycles. The van der Waals surface area contributed by atoms with Crippen LogP contribution in [0.1, 0.15) is 78.1 Å². The molecule has 224 valence electrons. The van der Waals surface area contributed by atoms with Crippen LogP contribution in [-0.4, -0.2) is 59.9 Å². The first-order chi connectivity index (χ1) is 19.8. The molecule has 0 saturated carbocycles. The maximum Gasteiger partial charge on any atom is 0.323 e. The first kappa shape index (κ1) is 31.1. The fraction of sp³-hybridized carbons (Fsp3) is 0.606. The van der Waals surface area contributed by atoms with E-state index in [0.29, 0.717) is 44.4 Å². The predicted molar refractivity (Wildman–Crippen MR) is 161 cm³/mol. The zero-order valence-corrected chi connectivity index (χ0v) is 25.4. The van der Waals surface area contributed by atoms with Crippen LogP contribution < -0.4 is 5.32 Å². The lowest BCUT2D eigenvalue weighted by Crippen LogP contribution is -2.40. The van der Waals surface area contributed by atoms with Crippen molar-refractivity contribution in [1.82, 2.24) is 14.9 Å². The summed E-state index contributed by atoms with van der Waals surface area (Å²) in [4.78, 5) is 30.4. The van der Waals surface area contributed by atoms with Crippen molar-refractivity contribution in [2.24, 2.45) is 11.8 Å². The molecule has 2 aliphatic rings. The van der Waals surface area contributed by atoms with Crippen molar-refractivity contribution >= 4 is 28.4 Å². The van der Waals surface area contributed by atoms with Crippen LogP contribution in [0.25, 0.3) is 16.6 Å². The van der Waals surface area contributed by atoms with Crippen molar-refractivity contribution in [3.63, 3.8) is 0 Å². The lowest BCUT2D eigenvalue weighted by Gasteiger charge is -2.24. The number of carbonyl (C=O) groups is 2. The molecule has 0 spiro atoms. The molecule has 0 amide bonds. The average Bonchev–Trinajstić information content (AvgIpc) is 3.61. The van der Waals surface area contributed by atoms with Gasteiger partial charge in [0.2, 0.25) is 0 Å². The summed E-state index contributed by atoms with van der Waals surface area (Å²) < 4.78 is 19.0. The Morgan fingerprint density at radius 2 is 1.93 bits per heavy atom. The van der Waals surface area contributed by atoms with Crippen LogP contribution in [0.3, 0.4) is 0 Å². The molecule has 2 fully saturated rings. The molecule has 0 aliphatic carbocycles. The van der Waals surface area contributed by atoms with Crippen LogP contribution in [0.2, 0.25) is 0 Å². The van der Waals surface area contributed by atoms with Crippen LogP contribution in [0.5, 0.6) is 0 Å². The Bertz CT molecular complexity index is 1250. The normalized spacial score (nSPS) is 19.7. The number of allylic oxidation sites excluding steroid dienone is 4. The van der Waals surface area contributed by atoms with E-state index < -0.39 is 0 Å². The molecule has 8 nitrogen and oxygen atoms in total.